The number of pyridine rings is 1. The van der Waals surface area contributed by atoms with Gasteiger partial charge in [-0.05, 0) is 18.2 Å². The molecule has 6 heteroatoms. The molecule has 0 fully saturated rings. The number of ketones is 1. The second kappa shape index (κ2) is 5.01. The average molecular weight is 286 g/mol. The molecule has 1 heterocycles. The molecule has 2 nitrogen and oxygen atoms in total. The monoisotopic (exact) mass is 285 g/mol. The summed E-state index contributed by atoms with van der Waals surface area (Å²) in [6, 6.07) is 7.93. The number of carbonyl (C=O) groups is 1. The minimum absolute atomic E-state index is 0.0599. The van der Waals surface area contributed by atoms with Gasteiger partial charge in [0.1, 0.15) is 5.69 Å². The van der Waals surface area contributed by atoms with Gasteiger partial charge in [0.2, 0.25) is 5.78 Å². The topological polar surface area (TPSA) is 30.0 Å². The Morgan fingerprint density at radius 2 is 1.84 bits per heavy atom. The zero-order chi connectivity index (χ0) is 14.0. The Morgan fingerprint density at radius 3 is 2.42 bits per heavy atom. The van der Waals surface area contributed by atoms with Gasteiger partial charge < -0.3 is 0 Å². The van der Waals surface area contributed by atoms with Crippen LogP contribution in [0, 0.1) is 0 Å². The molecular weight excluding hydrogens is 279 g/mol. The number of hydrogen-bond acceptors (Lipinski definition) is 2. The zero-order valence-electron chi connectivity index (χ0n) is 9.41. The van der Waals surface area contributed by atoms with Gasteiger partial charge in [0.25, 0.3) is 0 Å². The standard InChI is InChI=1S/C13H7ClF3NO/c14-9-5-3-4-8(11(9)13(15,16)17)12(19)10-6-1-2-7-18-10/h1-7H. The number of benzene rings is 1. The van der Waals surface area contributed by atoms with E-state index in [1.165, 1.54) is 24.4 Å². The summed E-state index contributed by atoms with van der Waals surface area (Å²) in [5.74, 6) is -0.810. The minimum atomic E-state index is -4.70. The van der Waals surface area contributed by atoms with Crippen molar-refractivity contribution >= 4 is 17.4 Å². The fourth-order valence-corrected chi connectivity index (χ4v) is 1.92. The second-order valence-electron chi connectivity index (χ2n) is 3.70. The minimum Gasteiger partial charge on any atom is -0.287 e. The lowest BCUT2D eigenvalue weighted by molar-refractivity contribution is -0.137. The van der Waals surface area contributed by atoms with Crippen LogP contribution in [-0.4, -0.2) is 10.8 Å². The lowest BCUT2D eigenvalue weighted by Crippen LogP contribution is -2.15. The first-order valence-corrected chi connectivity index (χ1v) is 5.60. The van der Waals surface area contributed by atoms with Crippen molar-refractivity contribution < 1.29 is 18.0 Å². The van der Waals surface area contributed by atoms with Gasteiger partial charge in [0, 0.05) is 11.8 Å². The molecule has 0 unspecified atom stereocenters. The largest absolute Gasteiger partial charge is 0.418 e. The van der Waals surface area contributed by atoms with E-state index in [0.29, 0.717) is 0 Å². The van der Waals surface area contributed by atoms with E-state index in [2.05, 4.69) is 4.98 Å². The summed E-state index contributed by atoms with van der Waals surface area (Å²) >= 11 is 5.55. The normalized spacial score (nSPS) is 11.4. The summed E-state index contributed by atoms with van der Waals surface area (Å²) in [6.45, 7) is 0. The third-order valence-corrected chi connectivity index (χ3v) is 2.75. The Balaban J connectivity index is 2.58. The first-order chi connectivity index (χ1) is 8.91. The quantitative estimate of drug-likeness (QED) is 0.781. The first kappa shape index (κ1) is 13.5. The van der Waals surface area contributed by atoms with Crippen LogP contribution in [0.4, 0.5) is 13.2 Å². The average Bonchev–Trinajstić information content (AvgIpc) is 2.37. The predicted molar refractivity (Wildman–Crippen MR) is 64.1 cm³/mol. The van der Waals surface area contributed by atoms with Crippen LogP contribution in [-0.2, 0) is 6.18 Å². The Bertz CT molecular complexity index is 611. The van der Waals surface area contributed by atoms with E-state index in [4.69, 9.17) is 11.6 Å². The lowest BCUT2D eigenvalue weighted by atomic mass is 10.0. The van der Waals surface area contributed by atoms with Crippen LogP contribution >= 0.6 is 11.6 Å². The summed E-state index contributed by atoms with van der Waals surface area (Å²) in [6.07, 6.45) is -3.36. The number of halogens is 4. The Labute approximate surface area is 111 Å². The van der Waals surface area contributed by atoms with Crippen LogP contribution in [0.1, 0.15) is 21.6 Å². The molecule has 1 aromatic heterocycles. The number of rotatable bonds is 2. The van der Waals surface area contributed by atoms with Gasteiger partial charge in [0.05, 0.1) is 10.6 Å². The fraction of sp³-hybridized carbons (Fsp3) is 0.0769. The second-order valence-corrected chi connectivity index (χ2v) is 4.11. The number of alkyl halides is 3. The van der Waals surface area contributed by atoms with E-state index in [1.54, 1.807) is 6.07 Å². The maximum absolute atomic E-state index is 12.9. The van der Waals surface area contributed by atoms with Crippen LogP contribution in [0.15, 0.2) is 42.6 Å². The van der Waals surface area contributed by atoms with Crippen molar-refractivity contribution in [3.63, 3.8) is 0 Å². The van der Waals surface area contributed by atoms with Gasteiger partial charge in [-0.1, -0.05) is 29.8 Å². The van der Waals surface area contributed by atoms with Gasteiger partial charge >= 0.3 is 6.18 Å². The highest BCUT2D eigenvalue weighted by molar-refractivity contribution is 6.32. The van der Waals surface area contributed by atoms with E-state index in [1.807, 2.05) is 0 Å². The Morgan fingerprint density at radius 1 is 1.11 bits per heavy atom. The van der Waals surface area contributed by atoms with Gasteiger partial charge in [-0.2, -0.15) is 13.2 Å². The number of hydrogen-bond donors (Lipinski definition) is 0. The summed E-state index contributed by atoms with van der Waals surface area (Å²) in [5, 5.41) is -0.505. The SMILES string of the molecule is O=C(c1ccccn1)c1cccc(Cl)c1C(F)(F)F. The fourth-order valence-electron chi connectivity index (χ4n) is 1.64. The molecule has 0 saturated heterocycles. The van der Waals surface area contributed by atoms with E-state index >= 15 is 0 Å². The molecular formula is C13H7ClF3NO. The first-order valence-electron chi connectivity index (χ1n) is 5.22. The lowest BCUT2D eigenvalue weighted by Gasteiger charge is -2.13. The molecule has 0 N–H and O–H groups in total. The number of carbonyl (C=O) groups excluding carboxylic acids is 1. The molecule has 0 amide bonds. The van der Waals surface area contributed by atoms with E-state index in [0.717, 1.165) is 12.1 Å². The van der Waals surface area contributed by atoms with E-state index in [-0.39, 0.29) is 5.69 Å². The molecule has 2 rings (SSSR count). The Hall–Kier alpha value is -1.88. The molecule has 0 atom stereocenters. The molecule has 0 aliphatic heterocycles. The maximum Gasteiger partial charge on any atom is 0.418 e. The zero-order valence-corrected chi connectivity index (χ0v) is 10.2. The van der Waals surface area contributed by atoms with Crippen LogP contribution < -0.4 is 0 Å². The summed E-state index contributed by atoms with van der Waals surface area (Å²) in [5.41, 5.74) is -1.69. The van der Waals surface area contributed by atoms with Crippen LogP contribution in [0.25, 0.3) is 0 Å². The molecule has 98 valence electrons. The van der Waals surface area contributed by atoms with Crippen LogP contribution in [0.2, 0.25) is 5.02 Å². The molecule has 0 spiro atoms. The maximum atomic E-state index is 12.9. The summed E-state index contributed by atoms with van der Waals surface area (Å²) in [7, 11) is 0. The van der Waals surface area contributed by atoms with E-state index in [9.17, 15) is 18.0 Å². The van der Waals surface area contributed by atoms with Crippen LogP contribution in [0.5, 0.6) is 0 Å². The number of aromatic nitrogens is 1. The van der Waals surface area contributed by atoms with Gasteiger partial charge in [0.15, 0.2) is 0 Å². The van der Waals surface area contributed by atoms with E-state index < -0.39 is 28.1 Å². The molecule has 0 saturated carbocycles. The Kier molecular flexibility index (Phi) is 3.57. The van der Waals surface area contributed by atoms with Crippen molar-refractivity contribution in [3.05, 3.63) is 64.4 Å². The highest BCUT2D eigenvalue weighted by Gasteiger charge is 2.37. The summed E-state index contributed by atoms with van der Waals surface area (Å²) in [4.78, 5) is 15.8. The highest BCUT2D eigenvalue weighted by atomic mass is 35.5. The van der Waals surface area contributed by atoms with Crippen molar-refractivity contribution in [2.45, 2.75) is 6.18 Å². The van der Waals surface area contributed by atoms with Crippen LogP contribution in [0.3, 0.4) is 0 Å². The van der Waals surface area contributed by atoms with Crippen molar-refractivity contribution in [2.24, 2.45) is 0 Å². The smallest absolute Gasteiger partial charge is 0.287 e. The molecule has 0 aliphatic carbocycles. The predicted octanol–water partition coefficient (Wildman–Crippen LogP) is 3.98. The van der Waals surface area contributed by atoms with Gasteiger partial charge in [-0.25, -0.2) is 0 Å². The molecule has 0 bridgehead atoms. The number of nitrogens with zero attached hydrogens (tertiary/aromatic N) is 1. The third kappa shape index (κ3) is 2.76. The highest BCUT2D eigenvalue weighted by Crippen LogP contribution is 2.37. The van der Waals surface area contributed by atoms with Crippen molar-refractivity contribution in [1.29, 1.82) is 0 Å². The van der Waals surface area contributed by atoms with Gasteiger partial charge in [-0.15, -0.1) is 0 Å². The molecule has 2 aromatic rings. The van der Waals surface area contributed by atoms with Crippen molar-refractivity contribution in [1.82, 2.24) is 4.98 Å². The third-order valence-electron chi connectivity index (χ3n) is 2.44. The summed E-state index contributed by atoms with van der Waals surface area (Å²) < 4.78 is 38.8. The molecule has 0 radical (unpaired) electrons. The molecule has 0 aliphatic rings. The molecule has 19 heavy (non-hydrogen) atoms. The van der Waals surface area contributed by atoms with Gasteiger partial charge in [-0.3, -0.25) is 9.78 Å². The van der Waals surface area contributed by atoms with Crippen molar-refractivity contribution in [3.8, 4) is 0 Å². The van der Waals surface area contributed by atoms with Crippen molar-refractivity contribution in [2.75, 3.05) is 0 Å². The molecule has 1 aromatic carbocycles.